The summed E-state index contributed by atoms with van der Waals surface area (Å²) in [5.74, 6) is 0.102. The first-order chi connectivity index (χ1) is 6.47. The Morgan fingerprint density at radius 2 is 1.86 bits per heavy atom. The van der Waals surface area contributed by atoms with E-state index in [0.717, 1.165) is 4.90 Å². The van der Waals surface area contributed by atoms with Crippen LogP contribution in [0.15, 0.2) is 29.2 Å². The number of anilines is 1. The molecule has 0 atom stereocenters. The number of benzene rings is 1. The second-order valence-corrected chi connectivity index (χ2v) is 5.44. The lowest BCUT2D eigenvalue weighted by molar-refractivity contribution is 0.485. The van der Waals surface area contributed by atoms with Crippen LogP contribution in [-0.2, 0) is 10.1 Å². The van der Waals surface area contributed by atoms with Gasteiger partial charge in [0.05, 0.1) is 5.75 Å². The number of rotatable bonds is 4. The summed E-state index contributed by atoms with van der Waals surface area (Å²) in [4.78, 5) is 0.933. The van der Waals surface area contributed by atoms with Crippen molar-refractivity contribution >= 4 is 27.6 Å². The molecular formula is C8H11NO3S2. The molecule has 0 aliphatic rings. The van der Waals surface area contributed by atoms with E-state index in [2.05, 4.69) is 0 Å². The van der Waals surface area contributed by atoms with Gasteiger partial charge in [-0.05, 0) is 24.3 Å². The maximum atomic E-state index is 10.4. The molecule has 4 nitrogen and oxygen atoms in total. The Bertz CT molecular complexity index is 386. The SMILES string of the molecule is Nc1ccc(SCCS(=O)(=O)O)cc1. The van der Waals surface area contributed by atoms with E-state index in [1.165, 1.54) is 11.8 Å². The second kappa shape index (κ2) is 4.68. The molecule has 1 aromatic rings. The van der Waals surface area contributed by atoms with E-state index in [1.807, 2.05) is 12.1 Å². The number of thioether (sulfide) groups is 1. The zero-order valence-corrected chi connectivity index (χ0v) is 9.01. The average molecular weight is 233 g/mol. The minimum absolute atomic E-state index is 0.234. The van der Waals surface area contributed by atoms with Crippen LogP contribution in [0.3, 0.4) is 0 Å². The van der Waals surface area contributed by atoms with Gasteiger partial charge in [-0.15, -0.1) is 11.8 Å². The van der Waals surface area contributed by atoms with E-state index < -0.39 is 10.1 Å². The first kappa shape index (κ1) is 11.4. The van der Waals surface area contributed by atoms with Gasteiger partial charge in [0.15, 0.2) is 0 Å². The highest BCUT2D eigenvalue weighted by Gasteiger charge is 2.04. The van der Waals surface area contributed by atoms with Crippen LogP contribution < -0.4 is 5.73 Å². The molecule has 0 amide bonds. The van der Waals surface area contributed by atoms with Gasteiger partial charge in [-0.25, -0.2) is 0 Å². The summed E-state index contributed by atoms with van der Waals surface area (Å²) in [7, 11) is -3.85. The summed E-state index contributed by atoms with van der Waals surface area (Å²) in [5.41, 5.74) is 6.15. The largest absolute Gasteiger partial charge is 0.399 e. The van der Waals surface area contributed by atoms with Crippen molar-refractivity contribution < 1.29 is 13.0 Å². The Kier molecular flexibility index (Phi) is 3.79. The molecule has 0 spiro atoms. The Hall–Kier alpha value is -0.720. The fourth-order valence-electron chi connectivity index (χ4n) is 0.829. The Morgan fingerprint density at radius 1 is 1.29 bits per heavy atom. The summed E-state index contributed by atoms with van der Waals surface area (Å²) in [6.45, 7) is 0. The fourth-order valence-corrected chi connectivity index (χ4v) is 2.57. The molecule has 14 heavy (non-hydrogen) atoms. The zero-order valence-electron chi connectivity index (χ0n) is 7.38. The lowest BCUT2D eigenvalue weighted by Crippen LogP contribution is -2.05. The van der Waals surface area contributed by atoms with Crippen molar-refractivity contribution in [3.8, 4) is 0 Å². The van der Waals surface area contributed by atoms with Gasteiger partial charge in [-0.1, -0.05) is 0 Å². The van der Waals surface area contributed by atoms with E-state index in [0.29, 0.717) is 11.4 Å². The number of hydrogen-bond acceptors (Lipinski definition) is 4. The molecule has 0 saturated heterocycles. The minimum atomic E-state index is -3.85. The van der Waals surface area contributed by atoms with Gasteiger partial charge in [-0.2, -0.15) is 8.42 Å². The van der Waals surface area contributed by atoms with Crippen LogP contribution in [0.25, 0.3) is 0 Å². The Labute approximate surface area is 87.3 Å². The first-order valence-electron chi connectivity index (χ1n) is 3.91. The van der Waals surface area contributed by atoms with Crippen LogP contribution >= 0.6 is 11.8 Å². The van der Waals surface area contributed by atoms with Crippen LogP contribution in [0, 0.1) is 0 Å². The van der Waals surface area contributed by atoms with Crippen molar-refractivity contribution in [2.45, 2.75) is 4.90 Å². The molecular weight excluding hydrogens is 222 g/mol. The van der Waals surface area contributed by atoms with Crippen molar-refractivity contribution in [3.05, 3.63) is 24.3 Å². The molecule has 3 N–H and O–H groups in total. The highest BCUT2D eigenvalue weighted by Crippen LogP contribution is 2.18. The van der Waals surface area contributed by atoms with Crippen LogP contribution in [0.5, 0.6) is 0 Å². The van der Waals surface area contributed by atoms with Gasteiger partial charge >= 0.3 is 0 Å². The predicted molar refractivity (Wildman–Crippen MR) is 58.0 cm³/mol. The van der Waals surface area contributed by atoms with Crippen molar-refractivity contribution in [2.24, 2.45) is 0 Å². The van der Waals surface area contributed by atoms with E-state index >= 15 is 0 Å². The standard InChI is InChI=1S/C8H11NO3S2/c9-7-1-3-8(4-2-7)13-5-6-14(10,11)12/h1-4H,5-6,9H2,(H,10,11,12). The highest BCUT2D eigenvalue weighted by molar-refractivity contribution is 8.00. The second-order valence-electron chi connectivity index (χ2n) is 2.70. The lowest BCUT2D eigenvalue weighted by atomic mass is 10.3. The molecule has 0 radical (unpaired) electrons. The summed E-state index contributed by atoms with van der Waals surface area (Å²) < 4.78 is 29.3. The quantitative estimate of drug-likeness (QED) is 0.465. The Balaban J connectivity index is 2.43. The van der Waals surface area contributed by atoms with Gasteiger partial charge in [0, 0.05) is 16.3 Å². The van der Waals surface area contributed by atoms with Crippen molar-refractivity contribution in [2.75, 3.05) is 17.2 Å². The number of nitrogen functional groups attached to an aromatic ring is 1. The third-order valence-electron chi connectivity index (χ3n) is 1.49. The number of hydrogen-bond donors (Lipinski definition) is 2. The molecule has 1 rings (SSSR count). The molecule has 0 aromatic heterocycles. The molecule has 0 aliphatic heterocycles. The fraction of sp³-hybridized carbons (Fsp3) is 0.250. The molecule has 0 fully saturated rings. The normalized spacial score (nSPS) is 11.5. The molecule has 0 saturated carbocycles. The third kappa shape index (κ3) is 4.50. The highest BCUT2D eigenvalue weighted by atomic mass is 32.2. The summed E-state index contributed by atoms with van der Waals surface area (Å²) in [6, 6.07) is 7.11. The summed E-state index contributed by atoms with van der Waals surface area (Å²) in [6.07, 6.45) is 0. The van der Waals surface area contributed by atoms with E-state index in [-0.39, 0.29) is 5.75 Å². The van der Waals surface area contributed by atoms with Crippen LogP contribution in [-0.4, -0.2) is 24.5 Å². The van der Waals surface area contributed by atoms with E-state index in [1.54, 1.807) is 12.1 Å². The van der Waals surface area contributed by atoms with E-state index in [4.69, 9.17) is 10.3 Å². The van der Waals surface area contributed by atoms with Gasteiger partial charge in [0.1, 0.15) is 0 Å². The van der Waals surface area contributed by atoms with Crippen molar-refractivity contribution in [1.29, 1.82) is 0 Å². The topological polar surface area (TPSA) is 80.4 Å². The molecule has 78 valence electrons. The minimum Gasteiger partial charge on any atom is -0.399 e. The summed E-state index contributed by atoms with van der Waals surface area (Å²) in [5, 5.41) is 0. The zero-order chi connectivity index (χ0) is 10.6. The Morgan fingerprint density at radius 3 is 2.36 bits per heavy atom. The van der Waals surface area contributed by atoms with Gasteiger partial charge < -0.3 is 5.73 Å². The average Bonchev–Trinajstić information content (AvgIpc) is 2.06. The maximum Gasteiger partial charge on any atom is 0.265 e. The maximum absolute atomic E-state index is 10.4. The molecule has 1 aromatic carbocycles. The monoisotopic (exact) mass is 233 g/mol. The molecule has 0 bridgehead atoms. The van der Waals surface area contributed by atoms with Crippen molar-refractivity contribution in [3.63, 3.8) is 0 Å². The van der Waals surface area contributed by atoms with Gasteiger partial charge in [0.25, 0.3) is 10.1 Å². The van der Waals surface area contributed by atoms with Crippen LogP contribution in [0.2, 0.25) is 0 Å². The van der Waals surface area contributed by atoms with Crippen LogP contribution in [0.1, 0.15) is 0 Å². The lowest BCUT2D eigenvalue weighted by Gasteiger charge is -2.00. The van der Waals surface area contributed by atoms with Crippen molar-refractivity contribution in [1.82, 2.24) is 0 Å². The predicted octanol–water partition coefficient (Wildman–Crippen LogP) is 1.25. The number of nitrogens with two attached hydrogens (primary N) is 1. The molecule has 0 heterocycles. The summed E-state index contributed by atoms with van der Waals surface area (Å²) >= 11 is 1.36. The van der Waals surface area contributed by atoms with Gasteiger partial charge in [-0.3, -0.25) is 4.55 Å². The van der Waals surface area contributed by atoms with E-state index in [9.17, 15) is 8.42 Å². The molecule has 6 heteroatoms. The smallest absolute Gasteiger partial charge is 0.265 e. The molecule has 0 aliphatic carbocycles. The molecule has 0 unspecified atom stereocenters. The first-order valence-corrected chi connectivity index (χ1v) is 6.50. The third-order valence-corrected chi connectivity index (χ3v) is 3.48. The van der Waals surface area contributed by atoms with Gasteiger partial charge in [0.2, 0.25) is 0 Å². The van der Waals surface area contributed by atoms with Crippen LogP contribution in [0.4, 0.5) is 5.69 Å².